The highest BCUT2D eigenvalue weighted by Gasteiger charge is 2.50. The van der Waals surface area contributed by atoms with E-state index in [1.165, 1.54) is 10.8 Å². The third-order valence-electron chi connectivity index (χ3n) is 9.37. The van der Waals surface area contributed by atoms with Gasteiger partial charge < -0.3 is 4.74 Å². The summed E-state index contributed by atoms with van der Waals surface area (Å²) in [5, 5.41) is 4.63. The number of hydrogen-bond acceptors (Lipinski definition) is 1. The number of rotatable bonds is 8. The van der Waals surface area contributed by atoms with Crippen molar-refractivity contribution in [3.8, 4) is 0 Å². The Morgan fingerprint density at radius 3 is 0.872 bits per heavy atom. The molecular formula is C46H34O. The van der Waals surface area contributed by atoms with Gasteiger partial charge in [-0.3, -0.25) is 0 Å². The van der Waals surface area contributed by atoms with Gasteiger partial charge in [0.1, 0.15) is 11.2 Å². The monoisotopic (exact) mass is 602 g/mol. The minimum atomic E-state index is -1.04. The average molecular weight is 603 g/mol. The second kappa shape index (κ2) is 12.2. The predicted octanol–water partition coefficient (Wildman–Crippen LogP) is 11.3. The van der Waals surface area contributed by atoms with Crippen LogP contribution in [0.4, 0.5) is 0 Å². The Bertz CT molecular complexity index is 2000. The first kappa shape index (κ1) is 28.7. The normalized spacial score (nSPS) is 11.9. The van der Waals surface area contributed by atoms with E-state index in [1.54, 1.807) is 0 Å². The predicted molar refractivity (Wildman–Crippen MR) is 195 cm³/mol. The van der Waals surface area contributed by atoms with Crippen LogP contribution in [-0.4, -0.2) is 0 Å². The van der Waals surface area contributed by atoms with Gasteiger partial charge in [-0.25, -0.2) is 0 Å². The van der Waals surface area contributed by atoms with E-state index in [2.05, 4.69) is 206 Å². The standard InChI is InChI=1S/C46H34O/c1-5-23-37(24-6-1)45(38-25-7-2-8-26-38,43-33-17-21-35-19-13-15-31-41(35)43)47-46(39-27-9-3-10-28-39,40-29-11-4-12-30-40)44-34-18-22-36-20-14-16-32-42(36)44/h1-34H. The number of ether oxygens (including phenoxy) is 1. The molecule has 8 aromatic rings. The van der Waals surface area contributed by atoms with Crippen LogP contribution in [0.15, 0.2) is 206 Å². The number of hydrogen-bond donors (Lipinski definition) is 0. The fourth-order valence-electron chi connectivity index (χ4n) is 7.29. The Morgan fingerprint density at radius 1 is 0.255 bits per heavy atom. The van der Waals surface area contributed by atoms with E-state index in [9.17, 15) is 0 Å². The van der Waals surface area contributed by atoms with Gasteiger partial charge >= 0.3 is 0 Å². The first-order valence-electron chi connectivity index (χ1n) is 16.2. The van der Waals surface area contributed by atoms with Gasteiger partial charge in [-0.15, -0.1) is 0 Å². The molecule has 0 unspecified atom stereocenters. The highest BCUT2D eigenvalue weighted by atomic mass is 16.5. The lowest BCUT2D eigenvalue weighted by Gasteiger charge is -2.47. The summed E-state index contributed by atoms with van der Waals surface area (Å²) in [4.78, 5) is 0. The zero-order chi connectivity index (χ0) is 31.5. The van der Waals surface area contributed by atoms with E-state index in [1.807, 2.05) is 0 Å². The fourth-order valence-corrected chi connectivity index (χ4v) is 7.29. The van der Waals surface area contributed by atoms with Crippen molar-refractivity contribution in [1.29, 1.82) is 0 Å². The quantitative estimate of drug-likeness (QED) is 0.157. The van der Waals surface area contributed by atoms with Gasteiger partial charge in [0, 0.05) is 11.1 Å². The van der Waals surface area contributed by atoms with E-state index in [-0.39, 0.29) is 0 Å². The lowest BCUT2D eigenvalue weighted by atomic mass is 9.73. The van der Waals surface area contributed by atoms with Crippen LogP contribution >= 0.6 is 0 Å². The second-order valence-electron chi connectivity index (χ2n) is 12.0. The van der Waals surface area contributed by atoms with Crippen LogP contribution in [-0.2, 0) is 15.9 Å². The lowest BCUT2D eigenvalue weighted by molar-refractivity contribution is -0.0795. The van der Waals surface area contributed by atoms with Crippen LogP contribution in [0.2, 0.25) is 0 Å². The molecule has 0 N–H and O–H groups in total. The van der Waals surface area contributed by atoms with Crippen molar-refractivity contribution in [3.05, 3.63) is 240 Å². The highest BCUT2D eigenvalue weighted by Crippen LogP contribution is 2.53. The molecule has 0 radical (unpaired) electrons. The Morgan fingerprint density at radius 2 is 0.532 bits per heavy atom. The molecule has 0 saturated heterocycles. The Hall–Kier alpha value is -5.76. The van der Waals surface area contributed by atoms with Crippen LogP contribution in [0.5, 0.6) is 0 Å². The first-order valence-corrected chi connectivity index (χ1v) is 16.2. The van der Waals surface area contributed by atoms with Crippen molar-refractivity contribution in [2.45, 2.75) is 11.2 Å². The lowest BCUT2D eigenvalue weighted by Crippen LogP contribution is -2.44. The molecule has 0 aliphatic rings. The fraction of sp³-hybridized carbons (Fsp3) is 0.0435. The largest absolute Gasteiger partial charge is 0.340 e. The molecule has 0 heterocycles. The topological polar surface area (TPSA) is 9.23 Å². The van der Waals surface area contributed by atoms with Gasteiger partial charge in [-0.2, -0.15) is 0 Å². The van der Waals surface area contributed by atoms with Gasteiger partial charge in [0.2, 0.25) is 0 Å². The smallest absolute Gasteiger partial charge is 0.146 e. The molecular weight excluding hydrogens is 569 g/mol. The molecule has 224 valence electrons. The Labute approximate surface area is 276 Å². The van der Waals surface area contributed by atoms with Gasteiger partial charge in [-0.05, 0) is 43.8 Å². The molecule has 0 spiro atoms. The van der Waals surface area contributed by atoms with Gasteiger partial charge in [-0.1, -0.05) is 206 Å². The van der Waals surface area contributed by atoms with Crippen molar-refractivity contribution in [3.63, 3.8) is 0 Å². The molecule has 1 nitrogen and oxygen atoms in total. The van der Waals surface area contributed by atoms with Crippen LogP contribution in [0.1, 0.15) is 33.4 Å². The molecule has 0 fully saturated rings. The molecule has 0 atom stereocenters. The molecule has 0 aromatic heterocycles. The second-order valence-corrected chi connectivity index (χ2v) is 12.0. The maximum Gasteiger partial charge on any atom is 0.146 e. The third-order valence-corrected chi connectivity index (χ3v) is 9.37. The minimum absolute atomic E-state index is 1.04. The molecule has 8 aromatic carbocycles. The van der Waals surface area contributed by atoms with Gasteiger partial charge in [0.15, 0.2) is 0 Å². The van der Waals surface area contributed by atoms with Crippen LogP contribution < -0.4 is 0 Å². The summed E-state index contributed by atoms with van der Waals surface area (Å²) in [7, 11) is 0. The first-order chi connectivity index (χ1) is 23.3. The highest BCUT2D eigenvalue weighted by molar-refractivity contribution is 5.89. The van der Waals surface area contributed by atoms with Crippen molar-refractivity contribution >= 4 is 21.5 Å². The summed E-state index contributed by atoms with van der Waals surface area (Å²) in [5.74, 6) is 0. The van der Waals surface area contributed by atoms with Crippen molar-refractivity contribution in [1.82, 2.24) is 0 Å². The molecule has 8 rings (SSSR count). The summed E-state index contributed by atoms with van der Waals surface area (Å²) in [6.45, 7) is 0. The van der Waals surface area contributed by atoms with Crippen molar-refractivity contribution < 1.29 is 4.74 Å². The Kier molecular flexibility index (Phi) is 7.45. The molecule has 1 heteroatoms. The zero-order valence-corrected chi connectivity index (χ0v) is 26.0. The average Bonchev–Trinajstić information content (AvgIpc) is 3.17. The van der Waals surface area contributed by atoms with Crippen molar-refractivity contribution in [2.24, 2.45) is 0 Å². The van der Waals surface area contributed by atoms with E-state index in [4.69, 9.17) is 4.74 Å². The summed E-state index contributed by atoms with van der Waals surface area (Å²) in [6, 6.07) is 73.4. The molecule has 47 heavy (non-hydrogen) atoms. The van der Waals surface area contributed by atoms with Gasteiger partial charge in [0.25, 0.3) is 0 Å². The minimum Gasteiger partial charge on any atom is -0.340 e. The summed E-state index contributed by atoms with van der Waals surface area (Å²) < 4.78 is 8.36. The van der Waals surface area contributed by atoms with E-state index in [0.29, 0.717) is 0 Å². The molecule has 0 aliphatic heterocycles. The van der Waals surface area contributed by atoms with Crippen LogP contribution in [0.25, 0.3) is 21.5 Å². The summed E-state index contributed by atoms with van der Waals surface area (Å²) >= 11 is 0. The van der Waals surface area contributed by atoms with E-state index >= 15 is 0 Å². The third kappa shape index (κ3) is 4.84. The van der Waals surface area contributed by atoms with Gasteiger partial charge in [0.05, 0.1) is 0 Å². The van der Waals surface area contributed by atoms with E-state index < -0.39 is 11.2 Å². The van der Waals surface area contributed by atoms with Crippen LogP contribution in [0, 0.1) is 0 Å². The maximum atomic E-state index is 8.36. The zero-order valence-electron chi connectivity index (χ0n) is 26.0. The van der Waals surface area contributed by atoms with Crippen LogP contribution in [0.3, 0.4) is 0 Å². The molecule has 0 aliphatic carbocycles. The van der Waals surface area contributed by atoms with Crippen molar-refractivity contribution in [2.75, 3.05) is 0 Å². The SMILES string of the molecule is c1ccc(C(OC(c2ccccc2)(c2ccccc2)c2cccc3ccccc23)(c2ccccc2)c2cccc3ccccc23)cc1. The Balaban J connectivity index is 1.58. The number of benzene rings is 8. The molecule has 0 amide bonds. The summed E-state index contributed by atoms with van der Waals surface area (Å²) in [5.41, 5.74) is 4.32. The number of fused-ring (bicyclic) bond motifs is 2. The summed E-state index contributed by atoms with van der Waals surface area (Å²) in [6.07, 6.45) is 0. The molecule has 0 bridgehead atoms. The maximum absolute atomic E-state index is 8.36. The van der Waals surface area contributed by atoms with E-state index in [0.717, 1.165) is 44.2 Å². The molecule has 0 saturated carbocycles.